The van der Waals surface area contributed by atoms with E-state index in [0.29, 0.717) is 54.9 Å². The highest BCUT2D eigenvalue weighted by molar-refractivity contribution is 5.97. The number of nitrogens with one attached hydrogen (secondary N) is 1. The Kier molecular flexibility index (Phi) is 7.44. The van der Waals surface area contributed by atoms with Crippen LogP contribution in [0.1, 0.15) is 83.1 Å². The van der Waals surface area contributed by atoms with Gasteiger partial charge in [0.2, 0.25) is 0 Å². The molecule has 16 atom stereocenters. The number of carbonyl (C=O) groups is 3. The Morgan fingerprint density at radius 1 is 1.07 bits per heavy atom. The first kappa shape index (κ1) is 36.0. The van der Waals surface area contributed by atoms with Crippen molar-refractivity contribution in [3.63, 3.8) is 0 Å². The summed E-state index contributed by atoms with van der Waals surface area (Å²) in [5.74, 6) is -0.324. The van der Waals surface area contributed by atoms with E-state index in [9.17, 15) is 24.9 Å². The Labute approximate surface area is 326 Å². The highest BCUT2D eigenvalue weighted by atomic mass is 16.7. The van der Waals surface area contributed by atoms with Crippen LogP contribution in [0.5, 0.6) is 0 Å². The number of cyclic esters (lactones) is 2. The van der Waals surface area contributed by atoms with Gasteiger partial charge in [-0.25, -0.2) is 4.79 Å². The van der Waals surface area contributed by atoms with E-state index < -0.39 is 69.4 Å². The standard InChI is InChI=1S/C43H54N2O11/c1-38(2)42-11-4-10-40(33(49)34(42)50)30(41(42)20-53-32(48)17-31(41)55-38)7-12-39(3)35(54-37(51)36-43(39,40)56-36)25-9-14-52-29(25)16-26(28(47)19-46)22-5-6-24-23(15-22)8-13-45-21-44-18-27(24)45/h4,8-9,11,13-14,22-24,26-28,30-31,33,35-36,44,46-47,49H,5-7,10,12,15-21H2,1-3H3. The number of ketones is 1. The second-order valence-corrected chi connectivity index (χ2v) is 19.7. The predicted octanol–water partition coefficient (Wildman–Crippen LogP) is 2.72. The van der Waals surface area contributed by atoms with E-state index in [0.717, 1.165) is 32.5 Å². The Morgan fingerprint density at radius 3 is 2.73 bits per heavy atom. The number of hydrogen-bond acceptors (Lipinski definition) is 13. The highest BCUT2D eigenvalue weighted by Gasteiger charge is 2.94. The fraction of sp³-hybridized carbons (Fsp3) is 0.744. The number of aliphatic hydroxyl groups is 3. The molecule has 11 aliphatic rings. The highest BCUT2D eigenvalue weighted by Crippen LogP contribution is 2.84. The first-order valence-electron chi connectivity index (χ1n) is 20.9. The summed E-state index contributed by atoms with van der Waals surface area (Å²) in [6.07, 6.45) is 9.74. The Bertz CT molecular complexity index is 1940. The minimum absolute atomic E-state index is 0.00233. The number of rotatable bonds is 6. The topological polar surface area (TPSA) is 181 Å². The first-order valence-corrected chi connectivity index (χ1v) is 20.9. The summed E-state index contributed by atoms with van der Waals surface area (Å²) in [6.45, 7) is 7.26. The zero-order chi connectivity index (χ0) is 38.8. The van der Waals surface area contributed by atoms with E-state index in [-0.39, 0.29) is 49.1 Å². The molecular formula is C43H54N2O11. The second kappa shape index (κ2) is 11.6. The van der Waals surface area contributed by atoms with Gasteiger partial charge in [-0.15, -0.1) is 0 Å². The monoisotopic (exact) mass is 774 g/mol. The molecule has 6 aliphatic heterocycles. The molecule has 0 amide bonds. The summed E-state index contributed by atoms with van der Waals surface area (Å²) < 4.78 is 32.0. The van der Waals surface area contributed by atoms with Crippen LogP contribution in [-0.4, -0.2) is 106 Å². The Morgan fingerprint density at radius 2 is 1.91 bits per heavy atom. The van der Waals surface area contributed by atoms with Crippen LogP contribution < -0.4 is 5.32 Å². The lowest BCUT2D eigenvalue weighted by atomic mass is 9.33. The lowest BCUT2D eigenvalue weighted by Crippen LogP contribution is -2.79. The van der Waals surface area contributed by atoms with Crippen LogP contribution in [0.15, 0.2) is 41.2 Å². The number of esters is 2. The molecule has 16 unspecified atom stereocenters. The number of nitrogens with zero attached hydrogens (tertiary/aromatic N) is 1. The van der Waals surface area contributed by atoms with E-state index in [2.05, 4.69) is 29.4 Å². The number of ether oxygens (including phenoxy) is 4. The zero-order valence-electron chi connectivity index (χ0n) is 32.4. The van der Waals surface area contributed by atoms with Crippen molar-refractivity contribution >= 4 is 17.7 Å². The molecule has 7 heterocycles. The number of hydrogen-bond donors (Lipinski definition) is 4. The van der Waals surface area contributed by atoms with Gasteiger partial charge in [0.25, 0.3) is 0 Å². The molecule has 5 aliphatic carbocycles. The molecule has 4 spiro atoms. The van der Waals surface area contributed by atoms with Gasteiger partial charge in [0, 0.05) is 35.4 Å². The number of epoxide rings is 1. The maximum atomic E-state index is 15.1. The van der Waals surface area contributed by atoms with Gasteiger partial charge in [0.05, 0.1) is 54.6 Å². The number of aliphatic hydroxyl groups excluding tert-OH is 3. The molecule has 13 heteroatoms. The number of furan rings is 1. The van der Waals surface area contributed by atoms with Crippen molar-refractivity contribution in [2.24, 2.45) is 51.2 Å². The van der Waals surface area contributed by atoms with Gasteiger partial charge in [-0.1, -0.05) is 25.2 Å². The molecule has 302 valence electrons. The minimum atomic E-state index is -1.48. The van der Waals surface area contributed by atoms with Gasteiger partial charge in [0.15, 0.2) is 11.9 Å². The van der Waals surface area contributed by atoms with Crippen LogP contribution in [0.3, 0.4) is 0 Å². The molecule has 5 saturated heterocycles. The summed E-state index contributed by atoms with van der Waals surface area (Å²) in [6, 6.07) is 2.32. The molecule has 0 aromatic carbocycles. The van der Waals surface area contributed by atoms with Crippen LogP contribution in [0, 0.1) is 51.2 Å². The number of carbonyl (C=O) groups excluding carboxylic acids is 3. The molecule has 0 radical (unpaired) electrons. The van der Waals surface area contributed by atoms with Gasteiger partial charge < -0.3 is 43.6 Å². The number of Topliss-reactive ketones (excluding diaryl/α,β-unsaturated/α-hetero) is 1. The Hall–Kier alpha value is -3.07. The normalized spacial score (nSPS) is 49.9. The molecule has 3 saturated carbocycles. The average Bonchev–Trinajstić information content (AvgIpc) is 3.50. The first-order chi connectivity index (χ1) is 26.8. The van der Waals surface area contributed by atoms with Crippen LogP contribution in [0.2, 0.25) is 0 Å². The van der Waals surface area contributed by atoms with Gasteiger partial charge in [-0.05, 0) is 94.2 Å². The summed E-state index contributed by atoms with van der Waals surface area (Å²) in [5.41, 5.74) is -5.99. The minimum Gasteiger partial charge on any atom is -0.469 e. The maximum Gasteiger partial charge on any atom is 0.339 e. The van der Waals surface area contributed by atoms with E-state index in [1.54, 1.807) is 6.26 Å². The van der Waals surface area contributed by atoms with Crippen molar-refractivity contribution in [2.75, 3.05) is 26.4 Å². The molecular weight excluding hydrogens is 720 g/mol. The number of allylic oxidation sites excluding steroid dienone is 2. The second-order valence-electron chi connectivity index (χ2n) is 19.7. The van der Waals surface area contributed by atoms with E-state index in [1.165, 1.54) is 0 Å². The summed E-state index contributed by atoms with van der Waals surface area (Å²) in [7, 11) is 0. The fourth-order valence-electron chi connectivity index (χ4n) is 15.5. The summed E-state index contributed by atoms with van der Waals surface area (Å²) >= 11 is 0. The van der Waals surface area contributed by atoms with Crippen molar-refractivity contribution in [1.82, 2.24) is 10.2 Å². The molecule has 13 nitrogen and oxygen atoms in total. The molecule has 1 aromatic rings. The van der Waals surface area contributed by atoms with Gasteiger partial charge in [-0.3, -0.25) is 14.9 Å². The lowest BCUT2D eigenvalue weighted by Gasteiger charge is -2.68. The van der Waals surface area contributed by atoms with Gasteiger partial charge in [-0.2, -0.15) is 0 Å². The van der Waals surface area contributed by atoms with Crippen molar-refractivity contribution in [2.45, 2.75) is 120 Å². The van der Waals surface area contributed by atoms with Crippen LogP contribution in [0.25, 0.3) is 0 Å². The summed E-state index contributed by atoms with van der Waals surface area (Å²) in [4.78, 5) is 44.6. The van der Waals surface area contributed by atoms with E-state index >= 15 is 4.79 Å². The molecule has 8 fully saturated rings. The molecule has 2 bridgehead atoms. The van der Waals surface area contributed by atoms with Gasteiger partial charge >= 0.3 is 11.9 Å². The Balaban J connectivity index is 0.965. The van der Waals surface area contributed by atoms with Crippen LogP contribution in [-0.2, 0) is 39.8 Å². The van der Waals surface area contributed by atoms with Crippen molar-refractivity contribution in [1.29, 1.82) is 0 Å². The van der Waals surface area contributed by atoms with Crippen molar-refractivity contribution < 1.29 is 53.1 Å². The lowest BCUT2D eigenvalue weighted by molar-refractivity contribution is -0.262. The third kappa shape index (κ3) is 3.97. The fourth-order valence-corrected chi connectivity index (χ4v) is 15.5. The third-order valence-electron chi connectivity index (χ3n) is 17.7. The molecule has 1 aromatic heterocycles. The number of fused-ring (bicyclic) bond motifs is 5. The predicted molar refractivity (Wildman–Crippen MR) is 195 cm³/mol. The van der Waals surface area contributed by atoms with Crippen LogP contribution in [0.4, 0.5) is 0 Å². The molecule has 4 N–H and O–H groups in total. The quantitative estimate of drug-likeness (QED) is 0.189. The van der Waals surface area contributed by atoms with Gasteiger partial charge in [0.1, 0.15) is 30.2 Å². The maximum absolute atomic E-state index is 15.1. The zero-order valence-corrected chi connectivity index (χ0v) is 32.4. The van der Waals surface area contributed by atoms with Crippen molar-refractivity contribution in [3.05, 3.63) is 48.1 Å². The largest absolute Gasteiger partial charge is 0.469 e. The molecule has 56 heavy (non-hydrogen) atoms. The SMILES string of the molecule is CC1(C)OC2CC(=O)OCC23C2CCC4(C)C(c5ccoc5CC(C(O)CO)C5CCC6C(C=CN7CNCC67)C5)OC(=O)C5OC54C24CC=CC13C(=O)C4O. The van der Waals surface area contributed by atoms with E-state index in [1.807, 2.05) is 32.1 Å². The van der Waals surface area contributed by atoms with Crippen LogP contribution >= 0.6 is 0 Å². The van der Waals surface area contributed by atoms with E-state index in [4.69, 9.17) is 23.4 Å². The smallest absolute Gasteiger partial charge is 0.339 e. The summed E-state index contributed by atoms with van der Waals surface area (Å²) in [5, 5.41) is 37.9. The molecule has 12 rings (SSSR count). The third-order valence-corrected chi connectivity index (χ3v) is 17.7. The average molecular weight is 775 g/mol. The van der Waals surface area contributed by atoms with Crippen molar-refractivity contribution in [3.8, 4) is 0 Å².